The quantitative estimate of drug-likeness (QED) is 0.397. The van der Waals surface area contributed by atoms with Gasteiger partial charge in [0.2, 0.25) is 5.91 Å². The van der Waals surface area contributed by atoms with E-state index in [2.05, 4.69) is 0 Å². The summed E-state index contributed by atoms with van der Waals surface area (Å²) in [5, 5.41) is 27.3. The fourth-order valence-corrected chi connectivity index (χ4v) is 1.77. The van der Waals surface area contributed by atoms with E-state index >= 15 is 0 Å². The van der Waals surface area contributed by atoms with Crippen LogP contribution in [0.3, 0.4) is 0 Å². The van der Waals surface area contributed by atoms with Gasteiger partial charge in [0.05, 0.1) is 12.0 Å². The highest BCUT2D eigenvalue weighted by Gasteiger charge is 2.39. The lowest BCUT2D eigenvalue weighted by atomic mass is 9.77. The van der Waals surface area contributed by atoms with Crippen molar-refractivity contribution in [1.82, 2.24) is 4.90 Å². The molecule has 5 N–H and O–H groups in total. The van der Waals surface area contributed by atoms with Crippen LogP contribution in [0.15, 0.2) is 0 Å². The van der Waals surface area contributed by atoms with Crippen LogP contribution in [0.1, 0.15) is 19.8 Å². The van der Waals surface area contributed by atoms with Crippen LogP contribution >= 0.6 is 0 Å². The minimum Gasteiger partial charge on any atom is -0.426 e. The number of likely N-dealkylation sites (tertiary alicyclic amines) is 1. The van der Waals surface area contributed by atoms with Crippen molar-refractivity contribution in [2.45, 2.75) is 37.9 Å². The Kier molecular flexibility index (Phi) is 4.09. The first-order chi connectivity index (χ1) is 6.95. The van der Waals surface area contributed by atoms with Crippen molar-refractivity contribution < 1.29 is 19.9 Å². The maximum absolute atomic E-state index is 11.7. The van der Waals surface area contributed by atoms with Crippen molar-refractivity contribution in [3.8, 4) is 0 Å². The van der Waals surface area contributed by atoms with E-state index in [1.54, 1.807) is 0 Å². The van der Waals surface area contributed by atoms with Crippen molar-refractivity contribution >= 4 is 13.0 Å². The molecule has 0 radical (unpaired) electrons. The number of amides is 1. The van der Waals surface area contributed by atoms with Crippen LogP contribution in [0.4, 0.5) is 0 Å². The highest BCUT2D eigenvalue weighted by atomic mass is 16.4. The Morgan fingerprint density at radius 2 is 2.20 bits per heavy atom. The molecule has 0 saturated carbocycles. The van der Waals surface area contributed by atoms with E-state index in [1.807, 2.05) is 0 Å². The number of nitrogens with zero attached hydrogens (tertiary/aromatic N) is 1. The molecule has 0 aromatic carbocycles. The van der Waals surface area contributed by atoms with E-state index in [0.717, 1.165) is 6.42 Å². The van der Waals surface area contributed by atoms with Gasteiger partial charge in [0.1, 0.15) is 6.04 Å². The van der Waals surface area contributed by atoms with E-state index in [4.69, 9.17) is 15.8 Å². The predicted octanol–water partition coefficient (Wildman–Crippen LogP) is -2.30. The Bertz CT molecular complexity index is 237. The van der Waals surface area contributed by atoms with Crippen LogP contribution in [-0.2, 0) is 4.79 Å². The molecule has 1 fully saturated rings. The number of nitrogens with two attached hydrogens (primary N) is 1. The first-order valence-corrected chi connectivity index (χ1v) is 5.05. The second-order valence-corrected chi connectivity index (χ2v) is 3.92. The van der Waals surface area contributed by atoms with Crippen molar-refractivity contribution in [2.24, 2.45) is 5.73 Å². The molecule has 6 nitrogen and oxygen atoms in total. The minimum atomic E-state index is -1.54. The lowest BCUT2D eigenvalue weighted by Gasteiger charge is -2.27. The van der Waals surface area contributed by atoms with Crippen LogP contribution in [0, 0.1) is 0 Å². The third-order valence-corrected chi connectivity index (χ3v) is 2.73. The van der Waals surface area contributed by atoms with Gasteiger partial charge < -0.3 is 25.8 Å². The van der Waals surface area contributed by atoms with Gasteiger partial charge >= 0.3 is 7.12 Å². The Morgan fingerprint density at radius 3 is 2.67 bits per heavy atom. The van der Waals surface area contributed by atoms with Gasteiger partial charge in [-0.05, 0) is 19.8 Å². The lowest BCUT2D eigenvalue weighted by molar-refractivity contribution is -0.134. The van der Waals surface area contributed by atoms with E-state index < -0.39 is 31.1 Å². The van der Waals surface area contributed by atoms with Crippen molar-refractivity contribution in [1.29, 1.82) is 0 Å². The molecule has 0 aliphatic carbocycles. The number of carbonyl (C=O) groups is 1. The molecule has 86 valence electrons. The van der Waals surface area contributed by atoms with Gasteiger partial charge in [-0.25, -0.2) is 0 Å². The standard InChI is InChI=1S/C8H17BN2O4/c1-5(12)7(10)8(13)11-4-2-3-6(11)9(14)15/h5-7,12,14-15H,2-4,10H2,1H3/t5?,6-,7-/m0/s1. The first kappa shape index (κ1) is 12.4. The average Bonchev–Trinajstić information content (AvgIpc) is 2.63. The summed E-state index contributed by atoms with van der Waals surface area (Å²) < 4.78 is 0. The Balaban J connectivity index is 2.66. The molecule has 1 heterocycles. The molecule has 1 rings (SSSR count). The number of hydrogen-bond acceptors (Lipinski definition) is 5. The summed E-state index contributed by atoms with van der Waals surface area (Å²) in [6.45, 7) is 1.89. The molecule has 7 heteroatoms. The molecule has 1 saturated heterocycles. The third-order valence-electron chi connectivity index (χ3n) is 2.73. The highest BCUT2D eigenvalue weighted by molar-refractivity contribution is 6.43. The van der Waals surface area contributed by atoms with Gasteiger partial charge in [0, 0.05) is 6.54 Å². The van der Waals surface area contributed by atoms with Crippen molar-refractivity contribution in [3.63, 3.8) is 0 Å². The lowest BCUT2D eigenvalue weighted by Crippen LogP contribution is -2.54. The fourth-order valence-electron chi connectivity index (χ4n) is 1.77. The second-order valence-electron chi connectivity index (χ2n) is 3.92. The maximum Gasteiger partial charge on any atom is 0.475 e. The Labute approximate surface area is 88.8 Å². The number of aliphatic hydroxyl groups is 1. The van der Waals surface area contributed by atoms with Crippen LogP contribution < -0.4 is 5.73 Å². The van der Waals surface area contributed by atoms with Crippen molar-refractivity contribution in [3.05, 3.63) is 0 Å². The Hall–Kier alpha value is -0.625. The van der Waals surface area contributed by atoms with Gasteiger partial charge in [-0.2, -0.15) is 0 Å². The maximum atomic E-state index is 11.7. The first-order valence-electron chi connectivity index (χ1n) is 5.05. The zero-order valence-electron chi connectivity index (χ0n) is 8.71. The molecule has 1 amide bonds. The predicted molar refractivity (Wildman–Crippen MR) is 54.6 cm³/mol. The normalized spacial score (nSPS) is 25.1. The molecular formula is C8H17BN2O4. The summed E-state index contributed by atoms with van der Waals surface area (Å²) in [5.74, 6) is -1.03. The summed E-state index contributed by atoms with van der Waals surface area (Å²) in [6, 6.07) is -0.996. The molecule has 1 aliphatic heterocycles. The number of hydrogen-bond donors (Lipinski definition) is 4. The van der Waals surface area contributed by atoms with Gasteiger partial charge in [-0.15, -0.1) is 0 Å². The molecule has 0 spiro atoms. The molecule has 1 aliphatic rings. The molecule has 15 heavy (non-hydrogen) atoms. The molecule has 0 bridgehead atoms. The Morgan fingerprint density at radius 1 is 1.60 bits per heavy atom. The van der Waals surface area contributed by atoms with Crippen LogP contribution in [-0.4, -0.2) is 57.7 Å². The SMILES string of the molecule is CC(O)[C@H](N)C(=O)N1CCC[C@H]1B(O)O. The molecule has 0 aromatic rings. The largest absolute Gasteiger partial charge is 0.475 e. The van der Waals surface area contributed by atoms with Crippen LogP contribution in [0.25, 0.3) is 0 Å². The number of aliphatic hydroxyl groups excluding tert-OH is 1. The van der Waals surface area contributed by atoms with Gasteiger partial charge in [-0.3, -0.25) is 4.79 Å². The summed E-state index contributed by atoms with van der Waals surface area (Å²) in [7, 11) is -1.54. The minimum absolute atomic E-state index is 0.430. The smallest absolute Gasteiger partial charge is 0.426 e. The highest BCUT2D eigenvalue weighted by Crippen LogP contribution is 2.19. The average molecular weight is 216 g/mol. The summed E-state index contributed by atoms with van der Waals surface area (Å²) in [6.07, 6.45) is 0.339. The van der Waals surface area contributed by atoms with E-state index in [1.165, 1.54) is 11.8 Å². The van der Waals surface area contributed by atoms with E-state index in [9.17, 15) is 9.90 Å². The summed E-state index contributed by atoms with van der Waals surface area (Å²) >= 11 is 0. The van der Waals surface area contributed by atoms with Crippen molar-refractivity contribution in [2.75, 3.05) is 6.54 Å². The third kappa shape index (κ3) is 2.69. The molecule has 0 aromatic heterocycles. The van der Waals surface area contributed by atoms with Crippen LogP contribution in [0.2, 0.25) is 0 Å². The molecule has 3 atom stereocenters. The summed E-state index contributed by atoms with van der Waals surface area (Å²) in [5.41, 5.74) is 5.50. The number of carbonyl (C=O) groups excluding carboxylic acids is 1. The zero-order valence-corrected chi connectivity index (χ0v) is 8.71. The molecule has 1 unspecified atom stereocenters. The van der Waals surface area contributed by atoms with Gasteiger partial charge in [0.15, 0.2) is 0 Å². The molecular weight excluding hydrogens is 199 g/mol. The van der Waals surface area contributed by atoms with Gasteiger partial charge in [-0.1, -0.05) is 0 Å². The summed E-state index contributed by atoms with van der Waals surface area (Å²) in [4.78, 5) is 13.1. The number of rotatable bonds is 3. The fraction of sp³-hybridized carbons (Fsp3) is 0.875. The monoisotopic (exact) mass is 216 g/mol. The topological polar surface area (TPSA) is 107 Å². The van der Waals surface area contributed by atoms with E-state index in [-0.39, 0.29) is 0 Å². The second kappa shape index (κ2) is 4.93. The van der Waals surface area contributed by atoms with Crippen LogP contribution in [0.5, 0.6) is 0 Å². The van der Waals surface area contributed by atoms with E-state index in [0.29, 0.717) is 13.0 Å². The van der Waals surface area contributed by atoms with Gasteiger partial charge in [0.25, 0.3) is 0 Å². The zero-order chi connectivity index (χ0) is 11.6.